The molecule has 1 aromatic heterocycles. The molecule has 2 heterocycles. The summed E-state index contributed by atoms with van der Waals surface area (Å²) in [7, 11) is 0. The third-order valence-corrected chi connectivity index (χ3v) is 4.91. The number of halogens is 1. The van der Waals surface area contributed by atoms with Crippen molar-refractivity contribution >= 4 is 38.6 Å². The molecule has 1 N–H and O–H groups in total. The van der Waals surface area contributed by atoms with E-state index in [1.807, 2.05) is 42.5 Å². The molecule has 1 atom stereocenters. The summed E-state index contributed by atoms with van der Waals surface area (Å²) >= 11 is 3.48. The van der Waals surface area contributed by atoms with Crippen molar-refractivity contribution in [1.29, 1.82) is 0 Å². The quantitative estimate of drug-likeness (QED) is 0.705. The molecule has 0 bridgehead atoms. The van der Waals surface area contributed by atoms with Gasteiger partial charge >= 0.3 is 5.97 Å². The van der Waals surface area contributed by atoms with Crippen LogP contribution in [0.2, 0.25) is 0 Å². The van der Waals surface area contributed by atoms with E-state index in [4.69, 9.17) is 4.74 Å². The first-order chi connectivity index (χ1) is 12.6. The SMILES string of the molecule is O=C(O)c1nc(N2CCOC[C@@H]2c2ccccc2)c2cc(Br)ccc2n1. The van der Waals surface area contributed by atoms with Gasteiger partial charge in [-0.25, -0.2) is 14.8 Å². The van der Waals surface area contributed by atoms with Gasteiger partial charge in [-0.15, -0.1) is 0 Å². The summed E-state index contributed by atoms with van der Waals surface area (Å²) in [5.74, 6) is -0.723. The molecule has 132 valence electrons. The fraction of sp³-hybridized carbons (Fsp3) is 0.211. The molecule has 0 unspecified atom stereocenters. The zero-order valence-corrected chi connectivity index (χ0v) is 15.4. The van der Waals surface area contributed by atoms with Crippen LogP contribution in [0, 0.1) is 0 Å². The highest BCUT2D eigenvalue weighted by molar-refractivity contribution is 9.10. The normalized spacial score (nSPS) is 17.4. The van der Waals surface area contributed by atoms with E-state index in [1.54, 1.807) is 6.07 Å². The average Bonchev–Trinajstić information content (AvgIpc) is 2.68. The molecular weight excluding hydrogens is 398 g/mol. The van der Waals surface area contributed by atoms with Gasteiger partial charge in [0.25, 0.3) is 0 Å². The van der Waals surface area contributed by atoms with E-state index in [0.717, 1.165) is 15.4 Å². The van der Waals surface area contributed by atoms with E-state index >= 15 is 0 Å². The zero-order chi connectivity index (χ0) is 18.1. The molecule has 0 saturated carbocycles. The topological polar surface area (TPSA) is 75.5 Å². The molecule has 6 nitrogen and oxygen atoms in total. The molecule has 7 heteroatoms. The van der Waals surface area contributed by atoms with Crippen LogP contribution >= 0.6 is 15.9 Å². The maximum Gasteiger partial charge on any atom is 0.374 e. The van der Waals surface area contributed by atoms with Gasteiger partial charge in [0.05, 0.1) is 24.8 Å². The Labute approximate surface area is 158 Å². The number of rotatable bonds is 3. The number of anilines is 1. The van der Waals surface area contributed by atoms with Gasteiger partial charge in [-0.05, 0) is 23.8 Å². The summed E-state index contributed by atoms with van der Waals surface area (Å²) in [5, 5.41) is 10.2. The van der Waals surface area contributed by atoms with Crippen LogP contribution in [-0.4, -0.2) is 40.8 Å². The van der Waals surface area contributed by atoms with Crippen molar-refractivity contribution < 1.29 is 14.6 Å². The lowest BCUT2D eigenvalue weighted by atomic mass is 10.0. The first-order valence-electron chi connectivity index (χ1n) is 8.23. The minimum atomic E-state index is -1.14. The first-order valence-corrected chi connectivity index (χ1v) is 9.03. The zero-order valence-electron chi connectivity index (χ0n) is 13.8. The average molecular weight is 414 g/mol. The molecule has 3 aromatic rings. The van der Waals surface area contributed by atoms with Crippen molar-refractivity contribution in [3.63, 3.8) is 0 Å². The summed E-state index contributed by atoms with van der Waals surface area (Å²) in [4.78, 5) is 22.2. The number of ether oxygens (including phenoxy) is 1. The minimum Gasteiger partial charge on any atom is -0.475 e. The number of aromatic nitrogens is 2. The number of fused-ring (bicyclic) bond motifs is 1. The summed E-state index contributed by atoms with van der Waals surface area (Å²) in [6.45, 7) is 1.70. The van der Waals surface area contributed by atoms with E-state index in [9.17, 15) is 9.90 Å². The molecule has 0 aliphatic carbocycles. The smallest absolute Gasteiger partial charge is 0.374 e. The van der Waals surface area contributed by atoms with Crippen molar-refractivity contribution in [2.75, 3.05) is 24.7 Å². The number of nitrogens with zero attached hydrogens (tertiary/aromatic N) is 3. The lowest BCUT2D eigenvalue weighted by Crippen LogP contribution is -2.40. The minimum absolute atomic E-state index is 0.0383. The molecule has 4 rings (SSSR count). The van der Waals surface area contributed by atoms with E-state index in [2.05, 4.69) is 30.8 Å². The van der Waals surface area contributed by atoms with Crippen LogP contribution in [0.15, 0.2) is 53.0 Å². The maximum atomic E-state index is 11.5. The second-order valence-electron chi connectivity index (χ2n) is 6.03. The Balaban J connectivity index is 1.90. The number of carboxylic acids is 1. The molecule has 26 heavy (non-hydrogen) atoms. The molecule has 1 aliphatic rings. The predicted molar refractivity (Wildman–Crippen MR) is 102 cm³/mol. The van der Waals surface area contributed by atoms with Crippen LogP contribution in [0.1, 0.15) is 22.2 Å². The molecule has 0 spiro atoms. The molecule has 0 amide bonds. The number of carboxylic acid groups (broad SMARTS) is 1. The Morgan fingerprint density at radius 2 is 2.00 bits per heavy atom. The van der Waals surface area contributed by atoms with E-state index in [1.165, 1.54) is 0 Å². The highest BCUT2D eigenvalue weighted by atomic mass is 79.9. The predicted octanol–water partition coefficient (Wildman–Crippen LogP) is 3.67. The lowest BCUT2D eigenvalue weighted by Gasteiger charge is -2.37. The van der Waals surface area contributed by atoms with Gasteiger partial charge in [0.1, 0.15) is 5.82 Å². The number of carbonyl (C=O) groups is 1. The van der Waals surface area contributed by atoms with Gasteiger partial charge in [0.15, 0.2) is 0 Å². The van der Waals surface area contributed by atoms with Crippen molar-refractivity contribution in [2.45, 2.75) is 6.04 Å². The lowest BCUT2D eigenvalue weighted by molar-refractivity contribution is 0.0683. The van der Waals surface area contributed by atoms with Gasteiger partial charge < -0.3 is 14.7 Å². The van der Waals surface area contributed by atoms with Gasteiger partial charge in [0.2, 0.25) is 5.82 Å². The standard InChI is InChI=1S/C19H16BrN3O3/c20-13-6-7-15-14(10-13)18(22-17(21-15)19(24)25)23-8-9-26-11-16(23)12-4-2-1-3-5-12/h1-7,10,16H,8-9,11H2,(H,24,25)/t16-/m1/s1. The van der Waals surface area contributed by atoms with Crippen LogP contribution in [0.25, 0.3) is 10.9 Å². The second-order valence-corrected chi connectivity index (χ2v) is 6.95. The number of aromatic carboxylic acids is 1. The maximum absolute atomic E-state index is 11.5. The van der Waals surface area contributed by atoms with E-state index in [0.29, 0.717) is 31.1 Å². The van der Waals surface area contributed by atoms with Gasteiger partial charge in [-0.3, -0.25) is 0 Å². The summed E-state index contributed by atoms with van der Waals surface area (Å²) in [6, 6.07) is 15.6. The van der Waals surface area contributed by atoms with E-state index < -0.39 is 5.97 Å². The molecular formula is C19H16BrN3O3. The Hall–Kier alpha value is -2.51. The van der Waals surface area contributed by atoms with Gasteiger partial charge in [-0.2, -0.15) is 0 Å². The van der Waals surface area contributed by atoms with Crippen LogP contribution in [0.4, 0.5) is 5.82 Å². The molecule has 1 saturated heterocycles. The summed E-state index contributed by atoms with van der Waals surface area (Å²) < 4.78 is 6.58. The Morgan fingerprint density at radius 3 is 2.77 bits per heavy atom. The number of benzene rings is 2. The third-order valence-electron chi connectivity index (χ3n) is 4.41. The first kappa shape index (κ1) is 16.9. The monoisotopic (exact) mass is 413 g/mol. The fourth-order valence-corrected chi connectivity index (χ4v) is 3.57. The van der Waals surface area contributed by atoms with Gasteiger partial charge in [0, 0.05) is 16.4 Å². The number of morpholine rings is 1. The highest BCUT2D eigenvalue weighted by Crippen LogP contribution is 2.34. The van der Waals surface area contributed by atoms with Crippen molar-refractivity contribution in [1.82, 2.24) is 9.97 Å². The Bertz CT molecular complexity index is 965. The van der Waals surface area contributed by atoms with Crippen molar-refractivity contribution in [3.8, 4) is 0 Å². The molecule has 0 radical (unpaired) electrons. The number of hydrogen-bond acceptors (Lipinski definition) is 5. The molecule has 1 aliphatic heterocycles. The molecule has 1 fully saturated rings. The fourth-order valence-electron chi connectivity index (χ4n) is 3.21. The third kappa shape index (κ3) is 3.15. The van der Waals surface area contributed by atoms with E-state index in [-0.39, 0.29) is 11.9 Å². The Morgan fingerprint density at radius 1 is 1.19 bits per heavy atom. The second kappa shape index (κ2) is 7.01. The van der Waals surface area contributed by atoms with Crippen LogP contribution in [0.3, 0.4) is 0 Å². The van der Waals surface area contributed by atoms with Crippen molar-refractivity contribution in [3.05, 3.63) is 64.4 Å². The number of hydrogen-bond donors (Lipinski definition) is 1. The van der Waals surface area contributed by atoms with Gasteiger partial charge in [-0.1, -0.05) is 46.3 Å². The van der Waals surface area contributed by atoms with Crippen LogP contribution < -0.4 is 4.90 Å². The molecule has 2 aromatic carbocycles. The van der Waals surface area contributed by atoms with Crippen molar-refractivity contribution in [2.24, 2.45) is 0 Å². The van der Waals surface area contributed by atoms with Crippen LogP contribution in [-0.2, 0) is 4.74 Å². The highest BCUT2D eigenvalue weighted by Gasteiger charge is 2.28. The summed E-state index contributed by atoms with van der Waals surface area (Å²) in [5.41, 5.74) is 1.71. The summed E-state index contributed by atoms with van der Waals surface area (Å²) in [6.07, 6.45) is 0. The largest absolute Gasteiger partial charge is 0.475 e. The Kier molecular flexibility index (Phi) is 4.57. The van der Waals surface area contributed by atoms with Crippen LogP contribution in [0.5, 0.6) is 0 Å².